The summed E-state index contributed by atoms with van der Waals surface area (Å²) in [4.78, 5) is 21.6. The van der Waals surface area contributed by atoms with E-state index >= 15 is 0 Å². The lowest BCUT2D eigenvalue weighted by Gasteiger charge is -2.41. The minimum absolute atomic E-state index is 0.0349. The van der Waals surface area contributed by atoms with Crippen LogP contribution < -0.4 is 0 Å². The molecule has 0 aliphatic carbocycles. The molecule has 3 atom stereocenters. The first-order valence-corrected chi connectivity index (χ1v) is 8.98. The Bertz CT molecular complexity index is 742. The molecule has 26 heavy (non-hydrogen) atoms. The van der Waals surface area contributed by atoms with Crippen molar-refractivity contribution < 1.29 is 9.53 Å². The van der Waals surface area contributed by atoms with E-state index in [1.807, 2.05) is 17.2 Å². The first kappa shape index (κ1) is 17.1. The Labute approximate surface area is 153 Å². The molecule has 4 heterocycles. The highest BCUT2D eigenvalue weighted by atomic mass is 16.5. The number of carbonyl (C=O) groups excluding carboxylic acids is 1. The van der Waals surface area contributed by atoms with Gasteiger partial charge in [0, 0.05) is 51.6 Å². The number of pyridine rings is 1. The fourth-order valence-electron chi connectivity index (χ4n) is 4.24. The smallest absolute Gasteiger partial charge is 0.255 e. The maximum Gasteiger partial charge on any atom is 0.255 e. The molecule has 0 saturated carbocycles. The highest BCUT2D eigenvalue weighted by molar-refractivity contribution is 5.94. The second kappa shape index (κ2) is 7.47. The van der Waals surface area contributed by atoms with Gasteiger partial charge in [-0.1, -0.05) is 6.07 Å². The van der Waals surface area contributed by atoms with Crippen molar-refractivity contribution in [3.8, 4) is 0 Å². The molecule has 1 amide bonds. The summed E-state index contributed by atoms with van der Waals surface area (Å²) in [6.07, 6.45) is 7.86. The summed E-state index contributed by atoms with van der Waals surface area (Å²) in [7, 11) is 1.77. The summed E-state index contributed by atoms with van der Waals surface area (Å²) < 4.78 is 5.74. The van der Waals surface area contributed by atoms with E-state index in [-0.39, 0.29) is 18.1 Å². The third-order valence-electron chi connectivity index (χ3n) is 5.46. The Morgan fingerprint density at radius 2 is 2.15 bits per heavy atom. The fourth-order valence-corrected chi connectivity index (χ4v) is 4.24. The Morgan fingerprint density at radius 1 is 1.23 bits per heavy atom. The molecule has 2 aromatic heterocycles. The van der Waals surface area contributed by atoms with Gasteiger partial charge in [-0.25, -0.2) is 0 Å². The van der Waals surface area contributed by atoms with Crippen LogP contribution in [-0.4, -0.2) is 69.8 Å². The number of methoxy groups -OCH3 is 1. The van der Waals surface area contributed by atoms with Crippen LogP contribution in [0.3, 0.4) is 0 Å². The van der Waals surface area contributed by atoms with E-state index in [4.69, 9.17) is 4.74 Å². The van der Waals surface area contributed by atoms with Crippen LogP contribution in [0.25, 0.3) is 0 Å². The zero-order chi connectivity index (χ0) is 17.9. The first-order chi connectivity index (χ1) is 12.8. The number of likely N-dealkylation sites (tertiary alicyclic amines) is 2. The quantitative estimate of drug-likeness (QED) is 0.823. The molecule has 2 fully saturated rings. The van der Waals surface area contributed by atoms with Crippen molar-refractivity contribution >= 4 is 5.91 Å². The molecule has 2 aromatic rings. The summed E-state index contributed by atoms with van der Waals surface area (Å²) in [5.74, 6) is 0.358. The third kappa shape index (κ3) is 3.32. The van der Waals surface area contributed by atoms with Gasteiger partial charge in [0.2, 0.25) is 0 Å². The van der Waals surface area contributed by atoms with Gasteiger partial charge in [0.15, 0.2) is 0 Å². The van der Waals surface area contributed by atoms with Crippen LogP contribution in [-0.2, 0) is 11.3 Å². The number of ether oxygens (including phenoxy) is 1. The Morgan fingerprint density at radius 3 is 2.88 bits per heavy atom. The van der Waals surface area contributed by atoms with Crippen molar-refractivity contribution in [2.75, 3.05) is 26.7 Å². The highest BCUT2D eigenvalue weighted by Gasteiger charge is 2.46. The second-order valence-electron chi connectivity index (χ2n) is 6.98. The van der Waals surface area contributed by atoms with Gasteiger partial charge in [0.1, 0.15) is 0 Å². The van der Waals surface area contributed by atoms with Gasteiger partial charge in [0.05, 0.1) is 30.1 Å². The average molecular weight is 353 g/mol. The van der Waals surface area contributed by atoms with Crippen molar-refractivity contribution in [3.63, 3.8) is 0 Å². The number of amides is 1. The third-order valence-corrected chi connectivity index (χ3v) is 5.46. The van der Waals surface area contributed by atoms with Crippen LogP contribution in [0.1, 0.15) is 22.3 Å². The number of carbonyl (C=O) groups is 1. The summed E-state index contributed by atoms with van der Waals surface area (Å²) in [5.41, 5.74) is 1.79. The maximum absolute atomic E-state index is 13.0. The van der Waals surface area contributed by atoms with Gasteiger partial charge in [-0.15, -0.1) is 0 Å². The normalized spacial score (nSPS) is 25.9. The number of nitrogens with zero attached hydrogens (tertiary/aromatic N) is 5. The van der Waals surface area contributed by atoms with Gasteiger partial charge < -0.3 is 9.64 Å². The molecule has 0 aromatic carbocycles. The number of hydrogen-bond acceptors (Lipinski definition) is 6. The lowest BCUT2D eigenvalue weighted by atomic mass is 9.88. The minimum Gasteiger partial charge on any atom is -0.381 e. The largest absolute Gasteiger partial charge is 0.381 e. The molecule has 0 N–H and O–H groups in total. The van der Waals surface area contributed by atoms with Gasteiger partial charge in [-0.3, -0.25) is 14.7 Å². The predicted molar refractivity (Wildman–Crippen MR) is 95.3 cm³/mol. The molecule has 7 heteroatoms. The summed E-state index contributed by atoms with van der Waals surface area (Å²) in [6.45, 7) is 3.33. The lowest BCUT2D eigenvalue weighted by molar-refractivity contribution is -0.0157. The summed E-state index contributed by atoms with van der Waals surface area (Å²) >= 11 is 0. The van der Waals surface area contributed by atoms with Crippen molar-refractivity contribution in [1.29, 1.82) is 0 Å². The van der Waals surface area contributed by atoms with E-state index in [2.05, 4.69) is 26.1 Å². The Hall–Kier alpha value is -2.38. The average Bonchev–Trinajstić information content (AvgIpc) is 3.11. The Balaban J connectivity index is 1.53. The highest BCUT2D eigenvalue weighted by Crippen LogP contribution is 2.34. The molecule has 0 bridgehead atoms. The van der Waals surface area contributed by atoms with E-state index in [9.17, 15) is 4.79 Å². The molecule has 0 spiro atoms. The summed E-state index contributed by atoms with van der Waals surface area (Å²) in [6, 6.07) is 5.94. The maximum atomic E-state index is 13.0. The number of rotatable bonds is 4. The number of hydrogen-bond donors (Lipinski definition) is 0. The van der Waals surface area contributed by atoms with Crippen molar-refractivity contribution in [2.24, 2.45) is 5.92 Å². The molecular weight excluding hydrogens is 330 g/mol. The van der Waals surface area contributed by atoms with Crippen LogP contribution in [0.5, 0.6) is 0 Å². The summed E-state index contributed by atoms with van der Waals surface area (Å²) in [5, 5.41) is 7.62. The van der Waals surface area contributed by atoms with Crippen LogP contribution in [0.15, 0.2) is 43.0 Å². The predicted octanol–water partition coefficient (Wildman–Crippen LogP) is 1.23. The van der Waals surface area contributed by atoms with E-state index in [0.717, 1.165) is 26.1 Å². The number of aromatic nitrogens is 3. The molecule has 136 valence electrons. The zero-order valence-electron chi connectivity index (χ0n) is 14.9. The van der Waals surface area contributed by atoms with Crippen LogP contribution in [0.4, 0.5) is 0 Å². The molecule has 7 nitrogen and oxygen atoms in total. The SMILES string of the molecule is CO[C@@H]1CCN(C(=O)c2ccnnc2)[C@H]2CN(Cc3cccnc3)C[C@@H]12. The number of piperidine rings is 1. The van der Waals surface area contributed by atoms with Crippen LogP contribution >= 0.6 is 0 Å². The molecule has 2 saturated heterocycles. The number of fused-ring (bicyclic) bond motifs is 1. The van der Waals surface area contributed by atoms with Crippen LogP contribution in [0.2, 0.25) is 0 Å². The van der Waals surface area contributed by atoms with Gasteiger partial charge >= 0.3 is 0 Å². The molecule has 0 unspecified atom stereocenters. The molecule has 2 aliphatic rings. The van der Waals surface area contributed by atoms with E-state index in [1.165, 1.54) is 5.56 Å². The Kier molecular flexibility index (Phi) is 4.90. The molecule has 4 rings (SSSR count). The van der Waals surface area contributed by atoms with Gasteiger partial charge in [-0.2, -0.15) is 10.2 Å². The molecule has 2 aliphatic heterocycles. The first-order valence-electron chi connectivity index (χ1n) is 8.98. The standard InChI is InChI=1S/C19H23N5O2/c1-26-18-5-8-24(19(25)15-4-7-21-22-10-15)17-13-23(12-16(17)18)11-14-3-2-6-20-9-14/h2-4,6-7,9-10,16-18H,5,8,11-13H2,1H3/t16-,17+,18-/m1/s1. The van der Waals surface area contributed by atoms with Gasteiger partial charge in [-0.05, 0) is 24.1 Å². The lowest BCUT2D eigenvalue weighted by Crippen LogP contribution is -2.53. The second-order valence-corrected chi connectivity index (χ2v) is 6.98. The van der Waals surface area contributed by atoms with Crippen molar-refractivity contribution in [1.82, 2.24) is 25.0 Å². The van der Waals surface area contributed by atoms with Crippen molar-refractivity contribution in [2.45, 2.75) is 25.1 Å². The van der Waals surface area contributed by atoms with Crippen LogP contribution in [0, 0.1) is 5.92 Å². The fraction of sp³-hybridized carbons (Fsp3) is 0.474. The van der Waals surface area contributed by atoms with Gasteiger partial charge in [0.25, 0.3) is 5.91 Å². The van der Waals surface area contributed by atoms with E-state index < -0.39 is 0 Å². The monoisotopic (exact) mass is 353 g/mol. The van der Waals surface area contributed by atoms with E-state index in [1.54, 1.807) is 31.8 Å². The molecular formula is C19H23N5O2. The zero-order valence-corrected chi connectivity index (χ0v) is 14.9. The van der Waals surface area contributed by atoms with Crippen molar-refractivity contribution in [3.05, 3.63) is 54.1 Å². The topological polar surface area (TPSA) is 71.5 Å². The minimum atomic E-state index is 0.0349. The molecule has 0 radical (unpaired) electrons. The van der Waals surface area contributed by atoms with E-state index in [0.29, 0.717) is 18.0 Å².